The lowest BCUT2D eigenvalue weighted by atomic mass is 9.81. The molecule has 0 bridgehead atoms. The molecule has 0 aliphatic rings. The fourth-order valence-electron chi connectivity index (χ4n) is 2.83. The Balaban J connectivity index is 2.32. The molecule has 0 atom stereocenters. The number of benzene rings is 3. The van der Waals surface area contributed by atoms with E-state index in [1.165, 1.54) is 27.5 Å². The molecule has 0 nitrogen and oxygen atoms in total. The minimum absolute atomic E-state index is 0.146. The molecular formula is C20H20. The molecule has 0 radical (unpaired) electrons. The van der Waals surface area contributed by atoms with Crippen LogP contribution < -0.4 is 0 Å². The van der Waals surface area contributed by atoms with E-state index in [1.54, 1.807) is 0 Å². The van der Waals surface area contributed by atoms with Crippen molar-refractivity contribution in [2.45, 2.75) is 26.2 Å². The summed E-state index contributed by atoms with van der Waals surface area (Å²) >= 11 is 0. The average Bonchev–Trinajstić information content (AvgIpc) is 2.46. The summed E-state index contributed by atoms with van der Waals surface area (Å²) in [6, 6.07) is 23.9. The quantitative estimate of drug-likeness (QED) is 0.518. The Hall–Kier alpha value is -2.08. The van der Waals surface area contributed by atoms with Crippen molar-refractivity contribution >= 4 is 10.8 Å². The first-order valence-corrected chi connectivity index (χ1v) is 7.15. The van der Waals surface area contributed by atoms with Crippen molar-refractivity contribution in [1.29, 1.82) is 0 Å². The average molecular weight is 260 g/mol. The van der Waals surface area contributed by atoms with Gasteiger partial charge in [0.1, 0.15) is 0 Å². The van der Waals surface area contributed by atoms with Gasteiger partial charge in [-0.3, -0.25) is 0 Å². The summed E-state index contributed by atoms with van der Waals surface area (Å²) in [6.07, 6.45) is 0. The summed E-state index contributed by atoms with van der Waals surface area (Å²) in [5.74, 6) is 0. The molecule has 100 valence electrons. The second kappa shape index (κ2) is 4.79. The Morgan fingerprint density at radius 3 is 2.00 bits per heavy atom. The zero-order valence-corrected chi connectivity index (χ0v) is 12.4. The van der Waals surface area contributed by atoms with Crippen LogP contribution in [0.2, 0.25) is 0 Å². The standard InChI is InChI=1S/C20H20/c1-20(2,3)19-14-7-6-12-18(19)17-13-8-10-15-9-4-5-11-16(15)17/h4-14H,1-3H3. The minimum Gasteiger partial charge on any atom is -0.0619 e. The lowest BCUT2D eigenvalue weighted by molar-refractivity contribution is 0.592. The van der Waals surface area contributed by atoms with Gasteiger partial charge in [0, 0.05) is 0 Å². The number of rotatable bonds is 1. The minimum atomic E-state index is 0.146. The highest BCUT2D eigenvalue weighted by Crippen LogP contribution is 2.36. The smallest absolute Gasteiger partial charge is 0.0102 e. The molecule has 0 amide bonds. The molecule has 0 heterocycles. The third-order valence-electron chi connectivity index (χ3n) is 3.81. The van der Waals surface area contributed by atoms with Crippen molar-refractivity contribution in [2.75, 3.05) is 0 Å². The van der Waals surface area contributed by atoms with Crippen molar-refractivity contribution in [3.63, 3.8) is 0 Å². The molecule has 0 saturated carbocycles. The highest BCUT2D eigenvalue weighted by Gasteiger charge is 2.18. The van der Waals surface area contributed by atoms with Crippen LogP contribution >= 0.6 is 0 Å². The van der Waals surface area contributed by atoms with E-state index in [0.29, 0.717) is 0 Å². The van der Waals surface area contributed by atoms with Crippen LogP contribution in [-0.4, -0.2) is 0 Å². The van der Waals surface area contributed by atoms with Gasteiger partial charge in [0.2, 0.25) is 0 Å². The van der Waals surface area contributed by atoms with E-state index in [4.69, 9.17) is 0 Å². The van der Waals surface area contributed by atoms with Gasteiger partial charge in [0.15, 0.2) is 0 Å². The Kier molecular flexibility index (Phi) is 3.10. The van der Waals surface area contributed by atoms with Crippen molar-refractivity contribution in [2.24, 2.45) is 0 Å². The van der Waals surface area contributed by atoms with Gasteiger partial charge in [0.05, 0.1) is 0 Å². The van der Waals surface area contributed by atoms with Crippen LogP contribution in [0.15, 0.2) is 66.7 Å². The van der Waals surface area contributed by atoms with Gasteiger partial charge >= 0.3 is 0 Å². The van der Waals surface area contributed by atoms with Gasteiger partial charge in [0.25, 0.3) is 0 Å². The van der Waals surface area contributed by atoms with Crippen molar-refractivity contribution in [1.82, 2.24) is 0 Å². The molecule has 0 spiro atoms. The monoisotopic (exact) mass is 260 g/mol. The van der Waals surface area contributed by atoms with Gasteiger partial charge in [-0.15, -0.1) is 0 Å². The fraction of sp³-hybridized carbons (Fsp3) is 0.200. The lowest BCUT2D eigenvalue weighted by Gasteiger charge is -2.23. The molecule has 20 heavy (non-hydrogen) atoms. The van der Waals surface area contributed by atoms with E-state index in [0.717, 1.165) is 0 Å². The van der Waals surface area contributed by atoms with Crippen LogP contribution in [0.5, 0.6) is 0 Å². The van der Waals surface area contributed by atoms with E-state index in [9.17, 15) is 0 Å². The van der Waals surface area contributed by atoms with E-state index >= 15 is 0 Å². The topological polar surface area (TPSA) is 0 Å². The molecule has 0 fully saturated rings. The second-order valence-electron chi connectivity index (χ2n) is 6.32. The molecule has 0 heteroatoms. The van der Waals surface area contributed by atoms with E-state index in [-0.39, 0.29) is 5.41 Å². The van der Waals surface area contributed by atoms with E-state index in [2.05, 4.69) is 87.5 Å². The van der Waals surface area contributed by atoms with E-state index < -0.39 is 0 Å². The maximum absolute atomic E-state index is 2.27. The van der Waals surface area contributed by atoms with Crippen LogP contribution in [0.1, 0.15) is 26.3 Å². The maximum Gasteiger partial charge on any atom is -0.0102 e. The fourth-order valence-corrected chi connectivity index (χ4v) is 2.83. The highest BCUT2D eigenvalue weighted by molar-refractivity contribution is 5.97. The predicted molar refractivity (Wildman–Crippen MR) is 88.1 cm³/mol. The summed E-state index contributed by atoms with van der Waals surface area (Å²) < 4.78 is 0. The summed E-state index contributed by atoms with van der Waals surface area (Å²) in [5, 5.41) is 2.63. The Labute approximate surface area is 121 Å². The van der Waals surface area contributed by atoms with Crippen molar-refractivity contribution < 1.29 is 0 Å². The molecule has 0 aliphatic carbocycles. The number of fused-ring (bicyclic) bond motifs is 1. The predicted octanol–water partition coefficient (Wildman–Crippen LogP) is 5.80. The van der Waals surface area contributed by atoms with E-state index in [1.807, 2.05) is 0 Å². The molecule has 0 N–H and O–H groups in total. The summed E-state index contributed by atoms with van der Waals surface area (Å²) in [7, 11) is 0. The van der Waals surface area contributed by atoms with Crippen molar-refractivity contribution in [3.8, 4) is 11.1 Å². The Morgan fingerprint density at radius 2 is 1.20 bits per heavy atom. The SMILES string of the molecule is CC(C)(C)c1ccccc1-c1cccc2ccccc12. The Bertz CT molecular complexity index is 740. The molecule has 0 aromatic heterocycles. The lowest BCUT2D eigenvalue weighted by Crippen LogP contribution is -2.12. The van der Waals surface area contributed by atoms with Crippen LogP contribution in [0, 0.1) is 0 Å². The molecule has 0 unspecified atom stereocenters. The summed E-state index contributed by atoms with van der Waals surface area (Å²) in [4.78, 5) is 0. The molecule has 3 aromatic carbocycles. The van der Waals surface area contributed by atoms with Gasteiger partial charge < -0.3 is 0 Å². The van der Waals surface area contributed by atoms with Crippen LogP contribution in [0.25, 0.3) is 21.9 Å². The van der Waals surface area contributed by atoms with Crippen LogP contribution in [0.3, 0.4) is 0 Å². The maximum atomic E-state index is 2.27. The first kappa shape index (κ1) is 12.9. The summed E-state index contributed by atoms with van der Waals surface area (Å²) in [6.45, 7) is 6.82. The first-order chi connectivity index (χ1) is 9.57. The number of hydrogen-bond donors (Lipinski definition) is 0. The van der Waals surface area contributed by atoms with Crippen molar-refractivity contribution in [3.05, 3.63) is 72.3 Å². The van der Waals surface area contributed by atoms with Gasteiger partial charge in [-0.1, -0.05) is 87.5 Å². The normalized spacial score (nSPS) is 11.8. The molecule has 3 aromatic rings. The van der Waals surface area contributed by atoms with Gasteiger partial charge in [-0.2, -0.15) is 0 Å². The molecule has 0 saturated heterocycles. The zero-order chi connectivity index (χ0) is 14.2. The molecule has 0 aliphatic heterocycles. The number of hydrogen-bond acceptors (Lipinski definition) is 0. The van der Waals surface area contributed by atoms with Crippen LogP contribution in [-0.2, 0) is 5.41 Å². The van der Waals surface area contributed by atoms with Gasteiger partial charge in [-0.05, 0) is 32.9 Å². The second-order valence-corrected chi connectivity index (χ2v) is 6.32. The largest absolute Gasteiger partial charge is 0.0619 e. The highest BCUT2D eigenvalue weighted by atomic mass is 14.2. The molecular weight excluding hydrogens is 240 g/mol. The third kappa shape index (κ3) is 2.22. The zero-order valence-electron chi connectivity index (χ0n) is 12.4. The summed E-state index contributed by atoms with van der Waals surface area (Å²) in [5.41, 5.74) is 4.22. The third-order valence-corrected chi connectivity index (χ3v) is 3.81. The van der Waals surface area contributed by atoms with Gasteiger partial charge in [-0.25, -0.2) is 0 Å². The Morgan fingerprint density at radius 1 is 0.600 bits per heavy atom. The first-order valence-electron chi connectivity index (χ1n) is 7.15. The molecule has 3 rings (SSSR count). The van der Waals surface area contributed by atoms with Crippen LogP contribution in [0.4, 0.5) is 0 Å².